The Morgan fingerprint density at radius 2 is 1.36 bits per heavy atom. The lowest BCUT2D eigenvalue weighted by Crippen LogP contribution is -2.44. The third kappa shape index (κ3) is 10.0. The summed E-state index contributed by atoms with van der Waals surface area (Å²) < 4.78 is 140. The molecular formula is C45H50F6N5O9PS. The number of nitriles is 1. The van der Waals surface area contributed by atoms with Crippen molar-refractivity contribution < 1.29 is 67.7 Å². The number of hydrogen-bond donors (Lipinski definition) is 1. The van der Waals surface area contributed by atoms with Crippen molar-refractivity contribution in [2.45, 2.75) is 120 Å². The molecule has 0 aliphatic carbocycles. The number of aryl methyl sites for hydroxylation is 2. The summed E-state index contributed by atoms with van der Waals surface area (Å²) in [7, 11) is -5.66. The van der Waals surface area contributed by atoms with Crippen LogP contribution in [0.4, 0.5) is 37.7 Å². The molecule has 2 amide bonds. The summed E-state index contributed by atoms with van der Waals surface area (Å²) in [5, 5.41) is 8.96. The van der Waals surface area contributed by atoms with E-state index in [0.717, 1.165) is 0 Å². The molecule has 1 unspecified atom stereocenters. The molecule has 0 bridgehead atoms. The van der Waals surface area contributed by atoms with Gasteiger partial charge in [0.2, 0.25) is 10.0 Å². The molecule has 1 atom stereocenters. The lowest BCUT2D eigenvalue weighted by Gasteiger charge is -2.40. The summed E-state index contributed by atoms with van der Waals surface area (Å²) in [6.45, 7) is 8.29. The van der Waals surface area contributed by atoms with Gasteiger partial charge < -0.3 is 28.3 Å². The first kappa shape index (κ1) is 50.0. The highest BCUT2D eigenvalue weighted by atomic mass is 32.2. The van der Waals surface area contributed by atoms with E-state index in [-0.39, 0.29) is 132 Å². The van der Waals surface area contributed by atoms with Crippen LogP contribution in [0.5, 0.6) is 11.5 Å². The van der Waals surface area contributed by atoms with Crippen molar-refractivity contribution in [1.29, 1.82) is 5.26 Å². The van der Waals surface area contributed by atoms with Gasteiger partial charge in [0, 0.05) is 60.5 Å². The van der Waals surface area contributed by atoms with E-state index in [1.165, 1.54) is 42.5 Å². The van der Waals surface area contributed by atoms with Crippen molar-refractivity contribution in [3.05, 3.63) is 75.8 Å². The number of unbranched alkanes of at least 4 members (excludes halogenated alkanes) is 3. The Kier molecular flexibility index (Phi) is 14.7. The maximum absolute atomic E-state index is 13.9. The number of nitrogens with zero attached hydrogens (tertiary/aromatic N) is 4. The summed E-state index contributed by atoms with van der Waals surface area (Å²) in [5.41, 5.74) is -1.66. The van der Waals surface area contributed by atoms with Crippen LogP contribution < -0.4 is 19.3 Å². The van der Waals surface area contributed by atoms with Crippen LogP contribution in [0.3, 0.4) is 0 Å². The highest BCUT2D eigenvalue weighted by Crippen LogP contribution is 2.59. The number of nitrogens with one attached hydrogen (secondary N) is 1. The predicted octanol–water partition coefficient (Wildman–Crippen LogP) is 9.07. The molecule has 0 aromatic heterocycles. The molecule has 0 fully saturated rings. The Labute approximate surface area is 385 Å². The molecule has 67 heavy (non-hydrogen) atoms. The van der Waals surface area contributed by atoms with Crippen LogP contribution >= 0.6 is 8.53 Å². The molecular weight excluding hydrogens is 932 g/mol. The van der Waals surface area contributed by atoms with Gasteiger partial charge in [0.15, 0.2) is 5.60 Å². The van der Waals surface area contributed by atoms with E-state index >= 15 is 0 Å². The molecule has 0 saturated carbocycles. The molecule has 1 N–H and O–H groups in total. The lowest BCUT2D eigenvalue weighted by molar-refractivity contribution is -0.170. The van der Waals surface area contributed by atoms with Crippen LogP contribution in [0.1, 0.15) is 111 Å². The number of rotatable bonds is 16. The van der Waals surface area contributed by atoms with Gasteiger partial charge in [-0.1, -0.05) is 12.8 Å². The van der Waals surface area contributed by atoms with Crippen LogP contribution in [0, 0.1) is 11.3 Å². The minimum absolute atomic E-state index is 0.0224. The number of ether oxygens (including phenoxy) is 2. The number of anilines is 2. The second kappa shape index (κ2) is 19.6. The smallest absolute Gasteiger partial charge is 0.456 e. The van der Waals surface area contributed by atoms with Crippen molar-refractivity contribution >= 4 is 47.7 Å². The Balaban J connectivity index is 1.17. The van der Waals surface area contributed by atoms with Crippen LogP contribution in [-0.4, -0.2) is 88.2 Å². The van der Waals surface area contributed by atoms with E-state index < -0.39 is 54.3 Å². The molecule has 3 aromatic carbocycles. The highest BCUT2D eigenvalue weighted by molar-refractivity contribution is 7.89. The molecule has 4 heterocycles. The van der Waals surface area contributed by atoms with Crippen molar-refractivity contribution in [2.24, 2.45) is 0 Å². The molecule has 0 radical (unpaired) electrons. The molecule has 14 nitrogen and oxygen atoms in total. The Bertz CT molecular complexity index is 2470. The number of esters is 1. The van der Waals surface area contributed by atoms with Gasteiger partial charge >= 0.3 is 30.1 Å². The maximum atomic E-state index is 13.9. The van der Waals surface area contributed by atoms with Crippen molar-refractivity contribution in [3.8, 4) is 17.6 Å². The largest absolute Gasteiger partial charge is 0.471 e. The summed E-state index contributed by atoms with van der Waals surface area (Å²) in [6.07, 6.45) is -7.06. The lowest BCUT2D eigenvalue weighted by atomic mass is 9.75. The summed E-state index contributed by atoms with van der Waals surface area (Å²) in [6, 6.07) is 11.4. The summed E-state index contributed by atoms with van der Waals surface area (Å²) in [4.78, 5) is 40.0. The SMILES string of the molecule is CC(C)N(C(C)C)P(OCCC#N)OCCCCCCNS(=O)(=O)c1ccc2c(c1)C1(OC2=O)c2cc3c(cc2Oc2cc4c(cc21)CCCN4C(=O)C(F)(F)F)N(C(=O)C(F)(F)F)CCC3. The van der Waals surface area contributed by atoms with Crippen LogP contribution in [0.2, 0.25) is 0 Å². The van der Waals surface area contributed by atoms with Crippen LogP contribution in [0.15, 0.2) is 47.4 Å². The third-order valence-electron chi connectivity index (χ3n) is 11.9. The number of halogens is 6. The Morgan fingerprint density at radius 1 is 0.821 bits per heavy atom. The van der Waals surface area contributed by atoms with Gasteiger partial charge in [-0.05, 0) is 108 Å². The van der Waals surface area contributed by atoms with E-state index in [1.54, 1.807) is 0 Å². The quantitative estimate of drug-likeness (QED) is 0.0629. The molecule has 22 heteroatoms. The van der Waals surface area contributed by atoms with E-state index in [4.69, 9.17) is 23.8 Å². The number of fused-ring (bicyclic) bond motifs is 8. The summed E-state index contributed by atoms with van der Waals surface area (Å²) in [5.74, 6) is -5.58. The number of hydrogen-bond acceptors (Lipinski definition) is 11. The zero-order valence-corrected chi connectivity index (χ0v) is 38.9. The third-order valence-corrected chi connectivity index (χ3v) is 15.5. The molecule has 0 saturated heterocycles. The van der Waals surface area contributed by atoms with Crippen LogP contribution in [-0.2, 0) is 51.8 Å². The number of sulfonamides is 1. The van der Waals surface area contributed by atoms with Gasteiger partial charge in [-0.25, -0.2) is 22.6 Å². The zero-order valence-electron chi connectivity index (χ0n) is 37.2. The van der Waals surface area contributed by atoms with E-state index in [0.29, 0.717) is 42.1 Å². The fourth-order valence-corrected chi connectivity index (χ4v) is 11.8. The second-order valence-electron chi connectivity index (χ2n) is 17.1. The van der Waals surface area contributed by atoms with Crippen molar-refractivity contribution in [1.82, 2.24) is 9.39 Å². The Morgan fingerprint density at radius 3 is 1.88 bits per heavy atom. The molecule has 7 rings (SSSR count). The number of amides is 2. The average molecular weight is 982 g/mol. The molecule has 4 aliphatic heterocycles. The van der Waals surface area contributed by atoms with E-state index in [1.807, 2.05) is 27.7 Å². The summed E-state index contributed by atoms with van der Waals surface area (Å²) >= 11 is 0. The first-order valence-corrected chi connectivity index (χ1v) is 24.6. The Hall–Kier alpha value is -4.84. The maximum Gasteiger partial charge on any atom is 0.471 e. The van der Waals surface area contributed by atoms with Crippen molar-refractivity contribution in [3.63, 3.8) is 0 Å². The van der Waals surface area contributed by atoms with Gasteiger partial charge in [-0.3, -0.25) is 9.59 Å². The number of carbonyl (C=O) groups is 3. The fraction of sp³-hybridized carbons (Fsp3) is 0.511. The normalized spacial score (nSPS) is 16.8. The minimum Gasteiger partial charge on any atom is -0.456 e. The molecule has 4 aliphatic rings. The monoisotopic (exact) mass is 981 g/mol. The van der Waals surface area contributed by atoms with Crippen LogP contribution in [0.25, 0.3) is 0 Å². The predicted molar refractivity (Wildman–Crippen MR) is 233 cm³/mol. The first-order valence-electron chi connectivity index (χ1n) is 22.0. The highest BCUT2D eigenvalue weighted by Gasteiger charge is 2.56. The van der Waals surface area contributed by atoms with Gasteiger partial charge in [0.25, 0.3) is 8.53 Å². The molecule has 1 spiro atoms. The first-order chi connectivity index (χ1) is 31.6. The minimum atomic E-state index is -5.24. The fourth-order valence-electron chi connectivity index (χ4n) is 9.07. The molecule has 362 valence electrons. The number of alkyl halides is 6. The van der Waals surface area contributed by atoms with Gasteiger partial charge in [0.1, 0.15) is 11.5 Å². The van der Waals surface area contributed by atoms with E-state index in [2.05, 4.69) is 15.5 Å². The topological polar surface area (TPSA) is 168 Å². The zero-order chi connectivity index (χ0) is 48.6. The van der Waals surface area contributed by atoms with Gasteiger partial charge in [-0.2, -0.15) is 31.6 Å². The number of benzene rings is 3. The standard InChI is InChI=1S/C45H50F6N5O9PS/c1-27(2)56(28(3)4)66(63-21-11-16-52)62-20-8-6-5-7-17-53-67(60,61)31-14-15-32-33(24-31)43(65-40(32)57)34-22-29-12-9-18-54(41(58)44(46,47)48)36(29)25-38(34)64-39-26-37-30(23-35(39)43)13-10-19-55(37)42(59)45(49,50)51/h14-15,22-28,53H,5-13,17-21H2,1-4H3. The van der Waals surface area contributed by atoms with Gasteiger partial charge in [-0.15, -0.1) is 0 Å². The van der Waals surface area contributed by atoms with Gasteiger partial charge in [0.05, 0.1) is 47.5 Å². The average Bonchev–Trinajstić information content (AvgIpc) is 3.55. The number of carbonyl (C=O) groups excluding carboxylic acids is 3. The second-order valence-corrected chi connectivity index (χ2v) is 20.4. The molecule has 3 aromatic rings. The van der Waals surface area contributed by atoms with Crippen molar-refractivity contribution in [2.75, 3.05) is 42.6 Å². The van der Waals surface area contributed by atoms with E-state index in [9.17, 15) is 49.1 Å².